The van der Waals surface area contributed by atoms with Crippen LogP contribution < -0.4 is 0 Å². The maximum absolute atomic E-state index is 11.0. The maximum atomic E-state index is 11.0. The molecular formula is C8H12N2O3. The minimum Gasteiger partial charge on any atom is -0.460 e. The molecule has 0 aromatic heterocycles. The summed E-state index contributed by atoms with van der Waals surface area (Å²) in [6.07, 6.45) is 0.269. The third kappa shape index (κ3) is 6.90. The number of esters is 1. The number of hydrogen-bond acceptors (Lipinski definition) is 3. The molecule has 5 heteroatoms. The van der Waals surface area contributed by atoms with Crippen molar-refractivity contribution in [3.63, 3.8) is 0 Å². The summed E-state index contributed by atoms with van der Waals surface area (Å²) < 4.78 is 4.85. The molecule has 0 aromatic carbocycles. The molecule has 0 amide bonds. The summed E-state index contributed by atoms with van der Waals surface area (Å²) in [6, 6.07) is 0. The van der Waals surface area contributed by atoms with E-state index < -0.39 is 23.8 Å². The Hall–Kier alpha value is -1.48. The van der Waals surface area contributed by atoms with E-state index in [1.54, 1.807) is 20.8 Å². The molecular weight excluding hydrogens is 172 g/mol. The average molecular weight is 184 g/mol. The summed E-state index contributed by atoms with van der Waals surface area (Å²) >= 11 is 0. The molecule has 0 aliphatic rings. The van der Waals surface area contributed by atoms with Crippen LogP contribution in [0.2, 0.25) is 0 Å². The Balaban J connectivity index is 4.03. The van der Waals surface area contributed by atoms with Gasteiger partial charge in [-0.3, -0.25) is 9.59 Å². The quantitative estimate of drug-likeness (QED) is 0.211. The van der Waals surface area contributed by atoms with Gasteiger partial charge in [-0.15, -0.1) is 0 Å². The highest BCUT2D eigenvalue weighted by Gasteiger charge is 2.19. The Bertz CT molecular complexity index is 259. The number of nitrogens with zero attached hydrogens (tertiary/aromatic N) is 2. The largest absolute Gasteiger partial charge is 0.460 e. The van der Waals surface area contributed by atoms with Gasteiger partial charge in [0, 0.05) is 0 Å². The van der Waals surface area contributed by atoms with Crippen molar-refractivity contribution in [2.24, 2.45) is 0 Å². The zero-order valence-electron chi connectivity index (χ0n) is 7.90. The highest BCUT2D eigenvalue weighted by atomic mass is 16.6. The van der Waals surface area contributed by atoms with Crippen LogP contribution in [0.1, 0.15) is 27.2 Å². The highest BCUT2D eigenvalue weighted by Crippen LogP contribution is 2.07. The Morgan fingerprint density at radius 1 is 1.46 bits per heavy atom. The SMILES string of the molecule is CC(C)(C)OC(=O)CC(=O)C=[N+]=[N-]. The van der Waals surface area contributed by atoms with E-state index in [1.165, 1.54) is 0 Å². The molecule has 0 bridgehead atoms. The molecule has 0 aliphatic carbocycles. The first-order chi connectivity index (χ1) is 5.85. The Kier molecular flexibility index (Phi) is 4.01. The second kappa shape index (κ2) is 4.52. The van der Waals surface area contributed by atoms with E-state index >= 15 is 0 Å². The van der Waals surface area contributed by atoms with Gasteiger partial charge < -0.3 is 10.3 Å². The van der Waals surface area contributed by atoms with Gasteiger partial charge in [-0.2, -0.15) is 4.79 Å². The molecule has 0 heterocycles. The Morgan fingerprint density at radius 3 is 2.38 bits per heavy atom. The molecule has 0 atom stereocenters. The number of carbonyl (C=O) groups excluding carboxylic acids is 2. The zero-order valence-corrected chi connectivity index (χ0v) is 7.90. The van der Waals surface area contributed by atoms with E-state index in [4.69, 9.17) is 10.3 Å². The van der Waals surface area contributed by atoms with Crippen molar-refractivity contribution in [1.29, 1.82) is 0 Å². The van der Waals surface area contributed by atoms with Gasteiger partial charge in [0.1, 0.15) is 12.0 Å². The van der Waals surface area contributed by atoms with Crippen LogP contribution in [0.25, 0.3) is 5.53 Å². The monoisotopic (exact) mass is 184 g/mol. The molecule has 13 heavy (non-hydrogen) atoms. The summed E-state index contributed by atoms with van der Waals surface area (Å²) in [7, 11) is 0. The van der Waals surface area contributed by atoms with E-state index in [-0.39, 0.29) is 0 Å². The molecule has 0 aliphatic heterocycles. The van der Waals surface area contributed by atoms with Gasteiger partial charge in [-0.25, -0.2) is 0 Å². The van der Waals surface area contributed by atoms with E-state index in [0.717, 1.165) is 0 Å². The van der Waals surface area contributed by atoms with E-state index in [1.807, 2.05) is 0 Å². The fourth-order valence-corrected chi connectivity index (χ4v) is 0.630. The molecule has 0 saturated carbocycles. The number of ether oxygens (including phenoxy) is 1. The van der Waals surface area contributed by atoms with Crippen molar-refractivity contribution in [3.8, 4) is 0 Å². The van der Waals surface area contributed by atoms with E-state index in [2.05, 4.69) is 4.79 Å². The summed E-state index contributed by atoms with van der Waals surface area (Å²) in [4.78, 5) is 24.2. The number of ketones is 1. The molecule has 0 spiro atoms. The van der Waals surface area contributed by atoms with Crippen LogP contribution in [0.15, 0.2) is 0 Å². The first-order valence-corrected chi connectivity index (χ1v) is 3.77. The third-order valence-corrected chi connectivity index (χ3v) is 0.940. The topological polar surface area (TPSA) is 79.8 Å². The lowest BCUT2D eigenvalue weighted by atomic mass is 10.2. The zero-order chi connectivity index (χ0) is 10.5. The van der Waals surface area contributed by atoms with Crippen LogP contribution >= 0.6 is 0 Å². The normalized spacial score (nSPS) is 10.1. The molecule has 0 radical (unpaired) electrons. The highest BCUT2D eigenvalue weighted by molar-refractivity contribution is 6.29. The van der Waals surface area contributed by atoms with Gasteiger partial charge in [-0.05, 0) is 20.8 Å². The van der Waals surface area contributed by atoms with Crippen LogP contribution in [0, 0.1) is 0 Å². The first-order valence-electron chi connectivity index (χ1n) is 3.77. The van der Waals surface area contributed by atoms with Gasteiger partial charge in [0.2, 0.25) is 5.78 Å². The minimum atomic E-state index is -0.627. The lowest BCUT2D eigenvalue weighted by Gasteiger charge is -2.18. The predicted octanol–water partition coefficient (Wildman–Crippen LogP) is 0.588. The predicted molar refractivity (Wildman–Crippen MR) is 45.2 cm³/mol. The van der Waals surface area contributed by atoms with Gasteiger partial charge >= 0.3 is 12.2 Å². The second-order valence-electron chi connectivity index (χ2n) is 3.47. The van der Waals surface area contributed by atoms with Gasteiger partial charge in [-0.1, -0.05) is 0 Å². The van der Waals surface area contributed by atoms with Gasteiger partial charge in [0.25, 0.3) is 0 Å². The van der Waals surface area contributed by atoms with Crippen LogP contribution in [-0.4, -0.2) is 28.4 Å². The summed E-state index contributed by atoms with van der Waals surface area (Å²) in [5.41, 5.74) is 7.38. The Morgan fingerprint density at radius 2 is 2.00 bits per heavy atom. The average Bonchev–Trinajstić information content (AvgIpc) is 1.81. The standard InChI is InChI=1S/C8H12N2O3/c1-8(2,3)13-7(12)4-6(11)5-10-9/h5H,4H2,1-3H3. The fourth-order valence-electron chi connectivity index (χ4n) is 0.630. The van der Waals surface area contributed by atoms with Crippen molar-refractivity contribution >= 4 is 18.0 Å². The summed E-state index contributed by atoms with van der Waals surface area (Å²) in [5, 5.41) is 0. The third-order valence-electron chi connectivity index (χ3n) is 0.940. The smallest absolute Gasteiger partial charge is 0.323 e. The molecule has 72 valence electrons. The number of Topliss-reactive ketones (excluding diaryl/α,β-unsaturated/α-hetero) is 1. The minimum absolute atomic E-state index is 0.401. The van der Waals surface area contributed by atoms with Crippen LogP contribution in [0.5, 0.6) is 0 Å². The number of rotatable bonds is 3. The fraction of sp³-hybridized carbons (Fsp3) is 0.625. The second-order valence-corrected chi connectivity index (χ2v) is 3.47. The van der Waals surface area contributed by atoms with Crippen molar-refractivity contribution < 1.29 is 19.1 Å². The van der Waals surface area contributed by atoms with Crippen molar-refractivity contribution in [1.82, 2.24) is 0 Å². The van der Waals surface area contributed by atoms with Gasteiger partial charge in [0.05, 0.1) is 0 Å². The lowest BCUT2D eigenvalue weighted by molar-refractivity contribution is -0.155. The summed E-state index contributed by atoms with van der Waals surface area (Å²) in [5.74, 6) is -1.21. The molecule has 0 unspecified atom stereocenters. The summed E-state index contributed by atoms with van der Waals surface area (Å²) in [6.45, 7) is 5.11. The molecule has 0 aromatic rings. The van der Waals surface area contributed by atoms with Crippen molar-refractivity contribution in [3.05, 3.63) is 5.53 Å². The van der Waals surface area contributed by atoms with Crippen molar-refractivity contribution in [2.45, 2.75) is 32.8 Å². The molecule has 0 saturated heterocycles. The molecule has 0 fully saturated rings. The number of carbonyl (C=O) groups is 2. The first kappa shape index (κ1) is 11.5. The van der Waals surface area contributed by atoms with Crippen molar-refractivity contribution in [2.75, 3.05) is 0 Å². The molecule has 0 rings (SSSR count). The molecule has 0 N–H and O–H groups in total. The van der Waals surface area contributed by atoms with Crippen LogP contribution in [0.3, 0.4) is 0 Å². The Labute approximate surface area is 76.3 Å². The van der Waals surface area contributed by atoms with Crippen LogP contribution in [0.4, 0.5) is 0 Å². The van der Waals surface area contributed by atoms with Crippen LogP contribution in [-0.2, 0) is 14.3 Å². The maximum Gasteiger partial charge on any atom is 0.323 e. The van der Waals surface area contributed by atoms with E-state index in [9.17, 15) is 9.59 Å². The van der Waals surface area contributed by atoms with E-state index in [0.29, 0.717) is 6.21 Å². The lowest BCUT2D eigenvalue weighted by Crippen LogP contribution is -2.25. The molecule has 5 nitrogen and oxygen atoms in total. The number of hydrogen-bond donors (Lipinski definition) is 0. The van der Waals surface area contributed by atoms with Gasteiger partial charge in [0.15, 0.2) is 0 Å².